The van der Waals surface area contributed by atoms with Crippen LogP contribution in [0.5, 0.6) is 0 Å². The lowest BCUT2D eigenvalue weighted by atomic mass is 9.96. The molecule has 2 aromatic rings. The number of carboxylic acids is 1. The topological polar surface area (TPSA) is 105 Å². The highest BCUT2D eigenvalue weighted by Crippen LogP contribution is 2.44. The summed E-state index contributed by atoms with van der Waals surface area (Å²) in [6.45, 7) is 1.81. The fourth-order valence-corrected chi connectivity index (χ4v) is 4.51. The quantitative estimate of drug-likeness (QED) is 0.718. The van der Waals surface area contributed by atoms with Gasteiger partial charge in [0.15, 0.2) is 5.54 Å². The molecule has 1 saturated heterocycles. The number of likely N-dealkylation sites (N-methyl/N-ethyl adjacent to an activating group) is 1. The van der Waals surface area contributed by atoms with Gasteiger partial charge in [-0.2, -0.15) is 0 Å². The summed E-state index contributed by atoms with van der Waals surface area (Å²) in [6.07, 6.45) is -0.532. The molecule has 8 nitrogen and oxygen atoms in total. The Labute approximate surface area is 186 Å². The Morgan fingerprint density at radius 2 is 1.75 bits per heavy atom. The highest BCUT2D eigenvalue weighted by Gasteiger charge is 2.49. The smallest absolute Gasteiger partial charge is 0.407 e. The van der Waals surface area contributed by atoms with Crippen molar-refractivity contribution in [3.63, 3.8) is 0 Å². The van der Waals surface area contributed by atoms with Crippen molar-refractivity contribution in [1.82, 2.24) is 10.2 Å². The Bertz CT molecular complexity index is 1000. The van der Waals surface area contributed by atoms with E-state index in [-0.39, 0.29) is 32.2 Å². The van der Waals surface area contributed by atoms with Crippen LogP contribution in [0.2, 0.25) is 0 Å². The molecule has 2 aromatic carbocycles. The van der Waals surface area contributed by atoms with Crippen molar-refractivity contribution in [2.45, 2.75) is 30.8 Å². The second kappa shape index (κ2) is 8.63. The number of alkyl carbamates (subject to hydrolysis) is 1. The molecule has 0 spiro atoms. The van der Waals surface area contributed by atoms with Crippen molar-refractivity contribution in [2.75, 3.05) is 26.9 Å². The van der Waals surface area contributed by atoms with Crippen LogP contribution < -0.4 is 5.32 Å². The van der Waals surface area contributed by atoms with Crippen molar-refractivity contribution in [1.29, 1.82) is 0 Å². The van der Waals surface area contributed by atoms with E-state index in [0.717, 1.165) is 27.2 Å². The fourth-order valence-electron chi connectivity index (χ4n) is 4.51. The number of nitrogens with one attached hydrogen (secondary N) is 1. The Morgan fingerprint density at radius 1 is 1.16 bits per heavy atom. The number of hydrogen-bond donors (Lipinski definition) is 2. The largest absolute Gasteiger partial charge is 0.479 e. The van der Waals surface area contributed by atoms with E-state index in [2.05, 4.69) is 17.4 Å². The number of carboxylic acid groups (broad SMARTS) is 1. The first-order chi connectivity index (χ1) is 15.3. The summed E-state index contributed by atoms with van der Waals surface area (Å²) in [5, 5.41) is 12.2. The van der Waals surface area contributed by atoms with Crippen molar-refractivity contribution in [3.05, 3.63) is 59.7 Å². The Hall–Kier alpha value is -3.39. The number of rotatable bonds is 6. The summed E-state index contributed by atoms with van der Waals surface area (Å²) in [4.78, 5) is 38.2. The average molecular weight is 438 g/mol. The van der Waals surface area contributed by atoms with E-state index in [1.807, 2.05) is 36.4 Å². The van der Waals surface area contributed by atoms with Gasteiger partial charge in [0.2, 0.25) is 5.91 Å². The maximum Gasteiger partial charge on any atom is 0.407 e. The summed E-state index contributed by atoms with van der Waals surface area (Å²) >= 11 is 0. The van der Waals surface area contributed by atoms with Crippen LogP contribution in [0.3, 0.4) is 0 Å². The molecule has 4 rings (SSSR count). The number of nitrogens with zero attached hydrogens (tertiary/aromatic N) is 1. The highest BCUT2D eigenvalue weighted by molar-refractivity contribution is 5.91. The van der Waals surface area contributed by atoms with Crippen LogP contribution in [0.1, 0.15) is 30.4 Å². The van der Waals surface area contributed by atoms with Crippen LogP contribution in [0.15, 0.2) is 48.5 Å². The monoisotopic (exact) mass is 438 g/mol. The van der Waals surface area contributed by atoms with Gasteiger partial charge in [0.25, 0.3) is 0 Å². The first-order valence-electron chi connectivity index (χ1n) is 10.6. The Morgan fingerprint density at radius 3 is 2.28 bits per heavy atom. The average Bonchev–Trinajstić information content (AvgIpc) is 3.41. The van der Waals surface area contributed by atoms with Gasteiger partial charge < -0.3 is 24.8 Å². The second-order valence-electron chi connectivity index (χ2n) is 8.23. The van der Waals surface area contributed by atoms with Crippen molar-refractivity contribution >= 4 is 18.0 Å². The van der Waals surface area contributed by atoms with Gasteiger partial charge >= 0.3 is 12.1 Å². The molecule has 32 heavy (non-hydrogen) atoms. The third kappa shape index (κ3) is 3.71. The van der Waals surface area contributed by atoms with Crippen LogP contribution >= 0.6 is 0 Å². The van der Waals surface area contributed by atoms with E-state index in [1.54, 1.807) is 0 Å². The number of ether oxygens (including phenoxy) is 2. The van der Waals surface area contributed by atoms with Gasteiger partial charge in [0.1, 0.15) is 12.6 Å². The van der Waals surface area contributed by atoms with E-state index in [0.29, 0.717) is 0 Å². The Kier molecular flexibility index (Phi) is 5.88. The third-order valence-corrected chi connectivity index (χ3v) is 6.42. The minimum Gasteiger partial charge on any atom is -0.479 e. The summed E-state index contributed by atoms with van der Waals surface area (Å²) in [5.74, 6) is -1.74. The zero-order valence-corrected chi connectivity index (χ0v) is 18.0. The first-order valence-corrected chi connectivity index (χ1v) is 10.6. The van der Waals surface area contributed by atoms with Crippen LogP contribution in [-0.4, -0.2) is 66.4 Å². The van der Waals surface area contributed by atoms with E-state index in [4.69, 9.17) is 9.47 Å². The zero-order chi connectivity index (χ0) is 22.9. The molecule has 2 aliphatic rings. The van der Waals surface area contributed by atoms with Gasteiger partial charge in [0, 0.05) is 26.0 Å². The van der Waals surface area contributed by atoms with E-state index in [9.17, 15) is 19.5 Å². The molecule has 168 valence electrons. The van der Waals surface area contributed by atoms with E-state index in [1.165, 1.54) is 14.0 Å². The lowest BCUT2D eigenvalue weighted by Crippen LogP contribution is -2.59. The number of benzene rings is 2. The summed E-state index contributed by atoms with van der Waals surface area (Å²) in [7, 11) is 1.42. The van der Waals surface area contributed by atoms with Gasteiger partial charge in [-0.1, -0.05) is 48.5 Å². The van der Waals surface area contributed by atoms with Crippen LogP contribution in [0, 0.1) is 0 Å². The number of carbonyl (C=O) groups is 3. The van der Waals surface area contributed by atoms with Crippen molar-refractivity contribution in [2.24, 2.45) is 0 Å². The summed E-state index contributed by atoms with van der Waals surface area (Å²) < 4.78 is 10.7. The minimum absolute atomic E-state index is 0.0811. The molecule has 0 aromatic heterocycles. The molecule has 1 aliphatic heterocycles. The summed E-state index contributed by atoms with van der Waals surface area (Å²) in [5.41, 5.74) is 3.01. The number of carbonyl (C=O) groups excluding carboxylic acids is 2. The zero-order valence-electron chi connectivity index (χ0n) is 18.0. The van der Waals surface area contributed by atoms with Gasteiger partial charge in [-0.25, -0.2) is 9.59 Å². The molecule has 1 aliphatic carbocycles. The number of aliphatic carboxylic acids is 1. The molecule has 2 N–H and O–H groups in total. The molecule has 2 unspecified atom stereocenters. The van der Waals surface area contributed by atoms with Crippen molar-refractivity contribution < 1.29 is 29.0 Å². The van der Waals surface area contributed by atoms with Gasteiger partial charge in [-0.05, 0) is 29.2 Å². The normalized spacial score (nSPS) is 20.2. The van der Waals surface area contributed by atoms with Crippen LogP contribution in [-0.2, 0) is 19.1 Å². The lowest BCUT2D eigenvalue weighted by molar-refractivity contribution is -0.158. The molecular weight excluding hydrogens is 412 g/mol. The summed E-state index contributed by atoms with van der Waals surface area (Å²) in [6, 6.07) is 15.1. The van der Waals surface area contributed by atoms with Crippen LogP contribution in [0.25, 0.3) is 11.1 Å². The molecule has 8 heteroatoms. The molecule has 0 bridgehead atoms. The standard InChI is InChI=1S/C24H26N2O6/c1-15(21(27)26(2)24(22(28)29)11-12-31-14-24)25-23(30)32-13-20-18-9-5-3-7-16(18)17-8-4-6-10-19(17)20/h3-10,15,20H,11-14H2,1-2H3,(H,25,30)(H,28,29). The Balaban J connectivity index is 1.39. The number of hydrogen-bond acceptors (Lipinski definition) is 5. The SMILES string of the molecule is CC(NC(=O)OCC1c2ccccc2-c2ccccc21)C(=O)N(C)C1(C(=O)O)CCOC1. The fraction of sp³-hybridized carbons (Fsp3) is 0.375. The molecule has 2 amide bonds. The molecular formula is C24H26N2O6. The number of amides is 2. The molecule has 0 radical (unpaired) electrons. The van der Waals surface area contributed by atoms with E-state index < -0.39 is 29.6 Å². The third-order valence-electron chi connectivity index (χ3n) is 6.42. The maximum atomic E-state index is 12.8. The van der Waals surface area contributed by atoms with Crippen molar-refractivity contribution in [3.8, 4) is 11.1 Å². The van der Waals surface area contributed by atoms with E-state index >= 15 is 0 Å². The molecule has 1 heterocycles. The van der Waals surface area contributed by atoms with Gasteiger partial charge in [-0.3, -0.25) is 4.79 Å². The predicted molar refractivity (Wildman–Crippen MR) is 116 cm³/mol. The molecule has 2 atom stereocenters. The molecule has 0 saturated carbocycles. The molecule has 1 fully saturated rings. The predicted octanol–water partition coefficient (Wildman–Crippen LogP) is 2.62. The lowest BCUT2D eigenvalue weighted by Gasteiger charge is -2.35. The van der Waals surface area contributed by atoms with Gasteiger partial charge in [0.05, 0.1) is 6.61 Å². The van der Waals surface area contributed by atoms with Gasteiger partial charge in [-0.15, -0.1) is 0 Å². The highest BCUT2D eigenvalue weighted by atomic mass is 16.5. The minimum atomic E-state index is -1.42. The maximum absolute atomic E-state index is 12.8. The van der Waals surface area contributed by atoms with Crippen LogP contribution in [0.4, 0.5) is 4.79 Å². The second-order valence-corrected chi connectivity index (χ2v) is 8.23. The first kappa shape index (κ1) is 21.8. The number of fused-ring (bicyclic) bond motifs is 3.